The lowest BCUT2D eigenvalue weighted by Gasteiger charge is -2.38. The molecule has 1 aromatic heterocycles. The number of aromatic nitrogens is 1. The molecule has 2 unspecified atom stereocenters. The second kappa shape index (κ2) is 5.14. The van der Waals surface area contributed by atoms with Crippen molar-refractivity contribution >= 4 is 11.3 Å². The third kappa shape index (κ3) is 3.02. The van der Waals surface area contributed by atoms with Gasteiger partial charge in [0.15, 0.2) is 0 Å². The Morgan fingerprint density at radius 3 is 2.83 bits per heavy atom. The lowest BCUT2D eigenvalue weighted by molar-refractivity contribution is -0.134. The van der Waals surface area contributed by atoms with Crippen LogP contribution in [0.3, 0.4) is 0 Å². The molecule has 102 valence electrons. The molecule has 1 aliphatic rings. The summed E-state index contributed by atoms with van der Waals surface area (Å²) in [6.07, 6.45) is -3.35. The van der Waals surface area contributed by atoms with E-state index in [4.69, 9.17) is 0 Å². The normalized spacial score (nSPS) is 26.5. The van der Waals surface area contributed by atoms with Gasteiger partial charge in [0.25, 0.3) is 0 Å². The molecule has 1 aromatic rings. The average molecular weight is 279 g/mol. The van der Waals surface area contributed by atoms with Gasteiger partial charge in [-0.1, -0.05) is 0 Å². The molecule has 0 amide bonds. The van der Waals surface area contributed by atoms with Crippen molar-refractivity contribution < 1.29 is 13.2 Å². The molecule has 18 heavy (non-hydrogen) atoms. The van der Waals surface area contributed by atoms with Gasteiger partial charge in [0.1, 0.15) is 9.88 Å². The minimum absolute atomic E-state index is 0.303. The number of nitrogens with zero attached hydrogens (tertiary/aromatic N) is 2. The summed E-state index contributed by atoms with van der Waals surface area (Å²) in [5, 5.41) is 3.87. The number of nitrogens with one attached hydrogen (secondary N) is 1. The van der Waals surface area contributed by atoms with Crippen molar-refractivity contribution in [2.24, 2.45) is 0 Å². The van der Waals surface area contributed by atoms with Crippen LogP contribution in [0.15, 0.2) is 6.20 Å². The Hall–Kier alpha value is -0.660. The minimum atomic E-state index is -4.28. The molecule has 0 aromatic carbocycles. The Bertz CT molecular complexity index is 404. The van der Waals surface area contributed by atoms with Gasteiger partial charge in [-0.15, -0.1) is 11.3 Å². The molecule has 0 spiro atoms. The highest BCUT2D eigenvalue weighted by Gasteiger charge is 2.33. The first-order valence-corrected chi connectivity index (χ1v) is 6.69. The summed E-state index contributed by atoms with van der Waals surface area (Å²) >= 11 is 0.739. The fourth-order valence-electron chi connectivity index (χ4n) is 2.04. The number of thiazole rings is 1. The predicted octanol–water partition coefficient (Wildman–Crippen LogP) is 2.34. The van der Waals surface area contributed by atoms with Gasteiger partial charge in [0.05, 0.1) is 12.7 Å². The number of halogens is 3. The minimum Gasteiger partial charge on any atom is -0.311 e. The van der Waals surface area contributed by atoms with E-state index in [2.05, 4.69) is 29.0 Å². The molecule has 0 radical (unpaired) electrons. The van der Waals surface area contributed by atoms with Crippen molar-refractivity contribution in [1.29, 1.82) is 0 Å². The molecule has 3 nitrogen and oxygen atoms in total. The summed E-state index contributed by atoms with van der Waals surface area (Å²) in [7, 11) is 0. The summed E-state index contributed by atoms with van der Waals surface area (Å²) in [5.74, 6) is 0. The lowest BCUT2D eigenvalue weighted by Crippen LogP contribution is -2.54. The zero-order valence-corrected chi connectivity index (χ0v) is 11.1. The molecule has 1 saturated heterocycles. The van der Waals surface area contributed by atoms with Crippen molar-refractivity contribution in [3.05, 3.63) is 16.1 Å². The maximum atomic E-state index is 12.5. The smallest absolute Gasteiger partial charge is 0.311 e. The average Bonchev–Trinajstić information content (AvgIpc) is 2.73. The zero-order chi connectivity index (χ0) is 13.3. The standard InChI is InChI=1S/C11H16F3N3S/c1-7-8(2)17(4-3-15-7)6-10-16-5-9(18-10)11(12,13)14/h5,7-8,15H,3-4,6H2,1-2H3. The van der Waals surface area contributed by atoms with E-state index in [0.29, 0.717) is 23.6 Å². The van der Waals surface area contributed by atoms with Gasteiger partial charge < -0.3 is 5.32 Å². The van der Waals surface area contributed by atoms with Gasteiger partial charge in [0.2, 0.25) is 0 Å². The summed E-state index contributed by atoms with van der Waals surface area (Å²) in [5.41, 5.74) is 0. The van der Waals surface area contributed by atoms with Crippen molar-refractivity contribution in [1.82, 2.24) is 15.2 Å². The maximum Gasteiger partial charge on any atom is 0.427 e. The summed E-state index contributed by atoms with van der Waals surface area (Å²) < 4.78 is 37.4. The van der Waals surface area contributed by atoms with Crippen LogP contribution in [0.4, 0.5) is 13.2 Å². The number of rotatable bonds is 2. The molecule has 2 atom stereocenters. The fourth-order valence-corrected chi connectivity index (χ4v) is 2.85. The van der Waals surface area contributed by atoms with E-state index < -0.39 is 11.1 Å². The Balaban J connectivity index is 2.03. The SMILES string of the molecule is CC1NCCN(Cc2ncc(C(F)(F)F)s2)C1C. The van der Waals surface area contributed by atoms with E-state index in [1.807, 2.05) is 0 Å². The van der Waals surface area contributed by atoms with E-state index >= 15 is 0 Å². The van der Waals surface area contributed by atoms with Gasteiger partial charge in [-0.05, 0) is 13.8 Å². The lowest BCUT2D eigenvalue weighted by atomic mass is 10.1. The summed E-state index contributed by atoms with van der Waals surface area (Å²) in [6.45, 7) is 6.36. The zero-order valence-electron chi connectivity index (χ0n) is 10.3. The van der Waals surface area contributed by atoms with Crippen LogP contribution in [-0.4, -0.2) is 35.1 Å². The molecule has 0 saturated carbocycles. The first-order chi connectivity index (χ1) is 8.38. The maximum absolute atomic E-state index is 12.5. The van der Waals surface area contributed by atoms with Crippen LogP contribution >= 0.6 is 11.3 Å². The van der Waals surface area contributed by atoms with Gasteiger partial charge in [0, 0.05) is 25.2 Å². The van der Waals surface area contributed by atoms with E-state index in [0.717, 1.165) is 30.6 Å². The van der Waals surface area contributed by atoms with Crippen molar-refractivity contribution in [3.8, 4) is 0 Å². The molecule has 1 aliphatic heterocycles. The van der Waals surface area contributed by atoms with Gasteiger partial charge in [-0.3, -0.25) is 4.90 Å². The van der Waals surface area contributed by atoms with Gasteiger partial charge in [-0.25, -0.2) is 4.98 Å². The number of piperazine rings is 1. The second-order valence-electron chi connectivity index (χ2n) is 4.57. The fraction of sp³-hybridized carbons (Fsp3) is 0.727. The van der Waals surface area contributed by atoms with Crippen molar-refractivity contribution in [2.75, 3.05) is 13.1 Å². The van der Waals surface area contributed by atoms with Gasteiger partial charge >= 0.3 is 6.18 Å². The molecule has 2 rings (SSSR count). The summed E-state index contributed by atoms with van der Waals surface area (Å²) in [4.78, 5) is 5.42. The quantitative estimate of drug-likeness (QED) is 0.900. The van der Waals surface area contributed by atoms with Gasteiger partial charge in [-0.2, -0.15) is 13.2 Å². The monoisotopic (exact) mass is 279 g/mol. The Morgan fingerprint density at radius 2 is 2.22 bits per heavy atom. The number of alkyl halides is 3. The van der Waals surface area contributed by atoms with Crippen LogP contribution in [0.1, 0.15) is 23.7 Å². The Kier molecular flexibility index (Phi) is 3.93. The summed E-state index contributed by atoms with van der Waals surface area (Å²) in [6, 6.07) is 0.651. The predicted molar refractivity (Wildman–Crippen MR) is 64.5 cm³/mol. The molecule has 1 fully saturated rings. The van der Waals surface area contributed by atoms with Crippen LogP contribution in [-0.2, 0) is 12.7 Å². The van der Waals surface area contributed by atoms with Crippen LogP contribution < -0.4 is 5.32 Å². The van der Waals surface area contributed by atoms with E-state index in [9.17, 15) is 13.2 Å². The molecule has 0 bridgehead atoms. The largest absolute Gasteiger partial charge is 0.427 e. The molecule has 0 aliphatic carbocycles. The van der Waals surface area contributed by atoms with E-state index in [1.165, 1.54) is 0 Å². The second-order valence-corrected chi connectivity index (χ2v) is 5.69. The van der Waals surface area contributed by atoms with E-state index in [1.54, 1.807) is 0 Å². The van der Waals surface area contributed by atoms with Crippen LogP contribution in [0, 0.1) is 0 Å². The highest BCUT2D eigenvalue weighted by Crippen LogP contribution is 2.33. The third-order valence-corrected chi connectivity index (χ3v) is 4.36. The molecule has 1 N–H and O–H groups in total. The van der Waals surface area contributed by atoms with E-state index in [-0.39, 0.29) is 0 Å². The first-order valence-electron chi connectivity index (χ1n) is 5.87. The highest BCUT2D eigenvalue weighted by atomic mass is 32.1. The molecular formula is C11H16F3N3S. The Morgan fingerprint density at radius 1 is 1.50 bits per heavy atom. The molecular weight excluding hydrogens is 263 g/mol. The number of hydrogen-bond acceptors (Lipinski definition) is 4. The first kappa shape index (κ1) is 13.8. The van der Waals surface area contributed by atoms with Crippen molar-refractivity contribution in [2.45, 2.75) is 38.7 Å². The third-order valence-electron chi connectivity index (χ3n) is 3.34. The van der Waals surface area contributed by atoms with Crippen LogP contribution in [0.5, 0.6) is 0 Å². The topological polar surface area (TPSA) is 28.2 Å². The van der Waals surface area contributed by atoms with Crippen LogP contribution in [0.2, 0.25) is 0 Å². The number of hydrogen-bond donors (Lipinski definition) is 1. The Labute approximate surface area is 108 Å². The highest BCUT2D eigenvalue weighted by molar-refractivity contribution is 7.11. The van der Waals surface area contributed by atoms with Crippen LogP contribution in [0.25, 0.3) is 0 Å². The van der Waals surface area contributed by atoms with Crippen molar-refractivity contribution in [3.63, 3.8) is 0 Å². The molecule has 7 heteroatoms. The molecule has 2 heterocycles.